The fraction of sp³-hybridized carbons (Fsp3) is 0.120. The lowest BCUT2D eigenvalue weighted by atomic mass is 10.2. The molecule has 5 aromatic rings. The Morgan fingerprint density at radius 3 is 2.41 bits per heavy atom. The van der Waals surface area contributed by atoms with Crippen molar-refractivity contribution in [3.8, 4) is 22.8 Å². The van der Waals surface area contributed by atoms with Crippen molar-refractivity contribution in [2.45, 2.75) is 17.3 Å². The Kier molecular flexibility index (Phi) is 6.73. The first-order valence-corrected chi connectivity index (χ1v) is 12.4. The van der Waals surface area contributed by atoms with Crippen LogP contribution >= 0.6 is 27.7 Å². The molecule has 5 rings (SSSR count). The van der Waals surface area contributed by atoms with Gasteiger partial charge in [-0.15, -0.1) is 22.0 Å². The second-order valence-corrected chi connectivity index (χ2v) is 9.40. The summed E-state index contributed by atoms with van der Waals surface area (Å²) in [6, 6.07) is 26.3. The molecule has 2 heterocycles. The summed E-state index contributed by atoms with van der Waals surface area (Å²) in [5.74, 6) is 2.17. The van der Waals surface area contributed by atoms with Gasteiger partial charge >= 0.3 is 0 Å². The summed E-state index contributed by atoms with van der Waals surface area (Å²) in [7, 11) is 1.65. The Morgan fingerprint density at radius 1 is 0.912 bits per heavy atom. The van der Waals surface area contributed by atoms with Gasteiger partial charge in [0.15, 0.2) is 0 Å². The molecule has 0 N–H and O–H groups in total. The summed E-state index contributed by atoms with van der Waals surface area (Å²) in [6.07, 6.45) is 1.81. The van der Waals surface area contributed by atoms with Gasteiger partial charge in [0.2, 0.25) is 5.82 Å². The van der Waals surface area contributed by atoms with Crippen molar-refractivity contribution in [1.29, 1.82) is 0 Å². The lowest BCUT2D eigenvalue weighted by Gasteiger charge is -2.09. The number of benzene rings is 3. The van der Waals surface area contributed by atoms with Gasteiger partial charge in [-0.05, 0) is 52.7 Å². The molecule has 0 amide bonds. The SMILES string of the molecule is COc1ccc(Cn2nnc(-c3cnn(-c4ccc(Br)cc4)c3SCc3ccccc3)n2)cc1. The van der Waals surface area contributed by atoms with Crippen LogP contribution in [0.3, 0.4) is 0 Å². The number of hydrogen-bond acceptors (Lipinski definition) is 6. The molecule has 0 spiro atoms. The first-order chi connectivity index (χ1) is 16.7. The highest BCUT2D eigenvalue weighted by atomic mass is 79.9. The van der Waals surface area contributed by atoms with Gasteiger partial charge < -0.3 is 4.74 Å². The second-order valence-electron chi connectivity index (χ2n) is 7.52. The molecule has 0 aliphatic carbocycles. The zero-order valence-electron chi connectivity index (χ0n) is 18.4. The zero-order chi connectivity index (χ0) is 23.3. The molecule has 0 saturated carbocycles. The average molecular weight is 533 g/mol. The molecule has 0 fully saturated rings. The van der Waals surface area contributed by atoms with E-state index in [0.29, 0.717) is 12.4 Å². The Morgan fingerprint density at radius 2 is 1.68 bits per heavy atom. The van der Waals surface area contributed by atoms with E-state index in [0.717, 1.165) is 37.8 Å². The predicted molar refractivity (Wildman–Crippen MR) is 136 cm³/mol. The molecular weight excluding hydrogens is 512 g/mol. The molecule has 0 atom stereocenters. The largest absolute Gasteiger partial charge is 0.497 e. The van der Waals surface area contributed by atoms with Crippen molar-refractivity contribution in [2.24, 2.45) is 0 Å². The number of methoxy groups -OCH3 is 1. The second kappa shape index (κ2) is 10.2. The third-order valence-corrected chi connectivity index (χ3v) is 6.86. The van der Waals surface area contributed by atoms with Gasteiger partial charge in [0.25, 0.3) is 0 Å². The summed E-state index contributed by atoms with van der Waals surface area (Å²) in [5.41, 5.74) is 4.12. The minimum Gasteiger partial charge on any atom is -0.497 e. The van der Waals surface area contributed by atoms with E-state index in [1.807, 2.05) is 65.5 Å². The van der Waals surface area contributed by atoms with Crippen LogP contribution in [0, 0.1) is 0 Å². The van der Waals surface area contributed by atoms with Gasteiger partial charge in [0, 0.05) is 10.2 Å². The normalized spacial score (nSPS) is 11.0. The van der Waals surface area contributed by atoms with E-state index in [9.17, 15) is 0 Å². The van der Waals surface area contributed by atoms with Gasteiger partial charge in [0.1, 0.15) is 10.8 Å². The summed E-state index contributed by atoms with van der Waals surface area (Å²) in [5, 5.41) is 18.9. The molecule has 0 aliphatic heterocycles. The molecule has 7 nitrogen and oxygen atoms in total. The Balaban J connectivity index is 1.45. The zero-order valence-corrected chi connectivity index (χ0v) is 20.8. The first-order valence-electron chi connectivity index (χ1n) is 10.6. The van der Waals surface area contributed by atoms with Crippen LogP contribution in [0.2, 0.25) is 0 Å². The molecule has 0 unspecified atom stereocenters. The fourth-order valence-electron chi connectivity index (χ4n) is 3.43. The molecule has 9 heteroatoms. The monoisotopic (exact) mass is 532 g/mol. The number of thioether (sulfide) groups is 1. The molecule has 0 aliphatic rings. The first kappa shape index (κ1) is 22.4. The van der Waals surface area contributed by atoms with E-state index in [4.69, 9.17) is 4.74 Å². The van der Waals surface area contributed by atoms with E-state index in [1.165, 1.54) is 5.56 Å². The Hall–Kier alpha value is -3.43. The van der Waals surface area contributed by atoms with Crippen LogP contribution in [0.15, 0.2) is 94.6 Å². The molecule has 0 bridgehead atoms. The van der Waals surface area contributed by atoms with Crippen molar-refractivity contribution in [1.82, 2.24) is 30.0 Å². The molecular formula is C25H21BrN6OS. The van der Waals surface area contributed by atoms with Crippen LogP contribution in [-0.4, -0.2) is 37.1 Å². The third kappa shape index (κ3) is 5.05. The molecule has 3 aromatic carbocycles. The van der Waals surface area contributed by atoms with Crippen LogP contribution in [0.4, 0.5) is 0 Å². The van der Waals surface area contributed by atoms with Crippen LogP contribution in [0.1, 0.15) is 11.1 Å². The third-order valence-electron chi connectivity index (χ3n) is 5.19. The summed E-state index contributed by atoms with van der Waals surface area (Å²) >= 11 is 5.21. The van der Waals surface area contributed by atoms with Crippen molar-refractivity contribution in [2.75, 3.05) is 7.11 Å². The van der Waals surface area contributed by atoms with Crippen LogP contribution in [0.25, 0.3) is 17.1 Å². The van der Waals surface area contributed by atoms with Crippen LogP contribution in [-0.2, 0) is 12.3 Å². The van der Waals surface area contributed by atoms with Crippen molar-refractivity contribution in [3.05, 3.63) is 101 Å². The quantitative estimate of drug-likeness (QED) is 0.241. The number of ether oxygens (including phenoxy) is 1. The lowest BCUT2D eigenvalue weighted by Crippen LogP contribution is -2.04. The highest BCUT2D eigenvalue weighted by Gasteiger charge is 2.19. The van der Waals surface area contributed by atoms with Crippen LogP contribution in [0.5, 0.6) is 5.75 Å². The number of nitrogens with zero attached hydrogens (tertiary/aromatic N) is 6. The topological polar surface area (TPSA) is 70.7 Å². The van der Waals surface area contributed by atoms with Gasteiger partial charge in [-0.2, -0.15) is 9.90 Å². The van der Waals surface area contributed by atoms with Gasteiger partial charge in [-0.3, -0.25) is 0 Å². The Bertz CT molecular complexity index is 1370. The van der Waals surface area contributed by atoms with Gasteiger partial charge in [-0.1, -0.05) is 58.4 Å². The van der Waals surface area contributed by atoms with Crippen molar-refractivity contribution < 1.29 is 4.74 Å². The van der Waals surface area contributed by atoms with Crippen molar-refractivity contribution in [3.63, 3.8) is 0 Å². The van der Waals surface area contributed by atoms with E-state index >= 15 is 0 Å². The van der Waals surface area contributed by atoms with Crippen molar-refractivity contribution >= 4 is 27.7 Å². The van der Waals surface area contributed by atoms with Crippen LogP contribution < -0.4 is 4.74 Å². The smallest absolute Gasteiger partial charge is 0.209 e. The van der Waals surface area contributed by atoms with E-state index in [2.05, 4.69) is 60.7 Å². The molecule has 2 aromatic heterocycles. The molecule has 0 saturated heterocycles. The number of tetrazole rings is 1. The summed E-state index contributed by atoms with van der Waals surface area (Å²) < 4.78 is 8.18. The number of aromatic nitrogens is 6. The number of halogens is 1. The van der Waals surface area contributed by atoms with E-state index in [-0.39, 0.29) is 0 Å². The molecule has 170 valence electrons. The Labute approximate surface area is 209 Å². The predicted octanol–water partition coefficient (Wildman–Crippen LogP) is 5.64. The highest BCUT2D eigenvalue weighted by molar-refractivity contribution is 9.10. The minimum absolute atomic E-state index is 0.518. The lowest BCUT2D eigenvalue weighted by molar-refractivity contribution is 0.414. The van der Waals surface area contributed by atoms with E-state index in [1.54, 1.807) is 23.7 Å². The van der Waals surface area contributed by atoms with E-state index < -0.39 is 0 Å². The summed E-state index contributed by atoms with van der Waals surface area (Å²) in [4.78, 5) is 1.60. The average Bonchev–Trinajstić information content (AvgIpc) is 3.51. The van der Waals surface area contributed by atoms with Gasteiger partial charge in [-0.25, -0.2) is 4.68 Å². The minimum atomic E-state index is 0.518. The maximum absolute atomic E-state index is 5.23. The number of rotatable bonds is 8. The number of hydrogen-bond donors (Lipinski definition) is 0. The maximum atomic E-state index is 5.23. The fourth-order valence-corrected chi connectivity index (χ4v) is 4.77. The summed E-state index contributed by atoms with van der Waals surface area (Å²) in [6.45, 7) is 0.518. The van der Waals surface area contributed by atoms with Gasteiger partial charge in [0.05, 0.1) is 31.1 Å². The maximum Gasteiger partial charge on any atom is 0.209 e. The molecule has 34 heavy (non-hydrogen) atoms. The highest BCUT2D eigenvalue weighted by Crippen LogP contribution is 2.33. The standard InChI is InChI=1S/C25H21BrN6OS/c1-33-22-13-7-18(8-14-22)16-31-29-24(28-30-31)23-15-27-32(21-11-9-20(26)10-12-21)25(23)34-17-19-5-3-2-4-6-19/h2-15H,16-17H2,1H3. The molecule has 0 radical (unpaired) electrons.